The Bertz CT molecular complexity index is 764. The standard InChI is InChI=1S/C16H17ClN4OS/c1-21(2)9-10-4-3-5-12(6-10)18-16-19-15-13(22)7-11(17)8-14(15)23-20-16/h3-8,22H,9H2,1-2H3,(H2,18,19,20). The van der Waals surface area contributed by atoms with E-state index in [9.17, 15) is 5.11 Å². The van der Waals surface area contributed by atoms with Crippen molar-refractivity contribution in [2.45, 2.75) is 11.4 Å². The van der Waals surface area contributed by atoms with Crippen molar-refractivity contribution >= 4 is 40.9 Å². The van der Waals surface area contributed by atoms with Crippen LogP contribution in [0.4, 0.5) is 11.4 Å². The Morgan fingerprint density at radius 1 is 1.30 bits per heavy atom. The molecule has 0 radical (unpaired) electrons. The Morgan fingerprint density at radius 3 is 2.91 bits per heavy atom. The van der Waals surface area contributed by atoms with Gasteiger partial charge in [-0.25, -0.2) is 4.99 Å². The highest BCUT2D eigenvalue weighted by Crippen LogP contribution is 2.41. The Morgan fingerprint density at radius 2 is 2.13 bits per heavy atom. The predicted octanol–water partition coefficient (Wildman–Crippen LogP) is 3.82. The molecule has 3 rings (SSSR count). The topological polar surface area (TPSA) is 59.9 Å². The van der Waals surface area contributed by atoms with Gasteiger partial charge in [0.05, 0.1) is 4.90 Å². The fourth-order valence-electron chi connectivity index (χ4n) is 2.29. The molecule has 0 fully saturated rings. The van der Waals surface area contributed by atoms with Crippen LogP contribution in [0.2, 0.25) is 5.02 Å². The highest BCUT2D eigenvalue weighted by atomic mass is 35.5. The second kappa shape index (κ2) is 6.70. The van der Waals surface area contributed by atoms with Crippen LogP contribution >= 0.6 is 23.5 Å². The summed E-state index contributed by atoms with van der Waals surface area (Å²) < 4.78 is 3.11. The number of phenolic OH excluding ortho intramolecular Hbond substituents is 1. The molecule has 1 heterocycles. The van der Waals surface area contributed by atoms with Gasteiger partial charge in [-0.15, -0.1) is 0 Å². The first kappa shape index (κ1) is 16.0. The molecule has 23 heavy (non-hydrogen) atoms. The second-order valence-electron chi connectivity index (χ2n) is 5.50. The van der Waals surface area contributed by atoms with Crippen LogP contribution in [0, 0.1) is 0 Å². The number of hydrogen-bond acceptors (Lipinski definition) is 6. The van der Waals surface area contributed by atoms with E-state index in [-0.39, 0.29) is 5.75 Å². The normalized spacial score (nSPS) is 13.3. The van der Waals surface area contributed by atoms with E-state index in [1.54, 1.807) is 6.07 Å². The average molecular weight is 349 g/mol. The minimum Gasteiger partial charge on any atom is -0.506 e. The fraction of sp³-hybridized carbons (Fsp3) is 0.188. The summed E-state index contributed by atoms with van der Waals surface area (Å²) in [5, 5.41) is 13.7. The van der Waals surface area contributed by atoms with E-state index in [1.165, 1.54) is 23.6 Å². The third-order valence-electron chi connectivity index (χ3n) is 3.19. The average Bonchev–Trinajstić information content (AvgIpc) is 2.47. The number of nitrogens with zero attached hydrogens (tertiary/aromatic N) is 2. The number of aliphatic imine (C=N–C) groups is 1. The first-order chi connectivity index (χ1) is 11.0. The third kappa shape index (κ3) is 3.90. The van der Waals surface area contributed by atoms with Gasteiger partial charge >= 0.3 is 0 Å². The summed E-state index contributed by atoms with van der Waals surface area (Å²) >= 11 is 7.30. The van der Waals surface area contributed by atoms with Crippen LogP contribution in [0.5, 0.6) is 5.75 Å². The molecule has 120 valence electrons. The number of fused-ring (bicyclic) bond motifs is 1. The van der Waals surface area contributed by atoms with Gasteiger partial charge in [0.1, 0.15) is 11.4 Å². The zero-order valence-corrected chi connectivity index (χ0v) is 14.4. The van der Waals surface area contributed by atoms with Gasteiger partial charge in [0.15, 0.2) is 0 Å². The Kier molecular flexibility index (Phi) is 4.66. The van der Waals surface area contributed by atoms with E-state index >= 15 is 0 Å². The van der Waals surface area contributed by atoms with Crippen molar-refractivity contribution in [3.63, 3.8) is 0 Å². The SMILES string of the molecule is CN(C)Cc1cccc(NC2=Nc3c(O)cc(Cl)cc3SN2)c1. The lowest BCUT2D eigenvalue weighted by Crippen LogP contribution is -2.27. The predicted molar refractivity (Wildman–Crippen MR) is 96.7 cm³/mol. The van der Waals surface area contributed by atoms with Gasteiger partial charge in [0.25, 0.3) is 0 Å². The van der Waals surface area contributed by atoms with Crippen molar-refractivity contribution < 1.29 is 5.11 Å². The zero-order valence-electron chi connectivity index (χ0n) is 12.8. The highest BCUT2D eigenvalue weighted by molar-refractivity contribution is 7.98. The number of nitrogens with one attached hydrogen (secondary N) is 2. The van der Waals surface area contributed by atoms with E-state index in [0.29, 0.717) is 16.7 Å². The molecule has 0 spiro atoms. The molecular weight excluding hydrogens is 332 g/mol. The number of guanidine groups is 1. The summed E-state index contributed by atoms with van der Waals surface area (Å²) in [5.41, 5.74) is 2.66. The minimum atomic E-state index is 0.0714. The fourth-order valence-corrected chi connectivity index (χ4v) is 3.30. The van der Waals surface area contributed by atoms with Gasteiger partial charge in [-0.05, 0) is 49.8 Å². The molecule has 0 unspecified atom stereocenters. The van der Waals surface area contributed by atoms with Crippen LogP contribution in [0.15, 0.2) is 46.3 Å². The maximum atomic E-state index is 10.00. The molecule has 2 aromatic carbocycles. The number of benzene rings is 2. The van der Waals surface area contributed by atoms with Crippen molar-refractivity contribution in [1.29, 1.82) is 0 Å². The second-order valence-corrected chi connectivity index (χ2v) is 6.78. The van der Waals surface area contributed by atoms with Crippen LogP contribution in [0.3, 0.4) is 0 Å². The van der Waals surface area contributed by atoms with E-state index in [0.717, 1.165) is 17.1 Å². The largest absolute Gasteiger partial charge is 0.506 e. The van der Waals surface area contributed by atoms with Crippen LogP contribution in [-0.4, -0.2) is 30.1 Å². The number of phenols is 1. The van der Waals surface area contributed by atoms with Crippen LogP contribution in [-0.2, 0) is 6.54 Å². The summed E-state index contributed by atoms with van der Waals surface area (Å²) in [4.78, 5) is 7.33. The summed E-state index contributed by atoms with van der Waals surface area (Å²) in [6.45, 7) is 0.867. The zero-order chi connectivity index (χ0) is 16.4. The van der Waals surface area contributed by atoms with Crippen molar-refractivity contribution in [1.82, 2.24) is 9.62 Å². The first-order valence-corrected chi connectivity index (χ1v) is 8.25. The minimum absolute atomic E-state index is 0.0714. The first-order valence-electron chi connectivity index (χ1n) is 7.06. The van der Waals surface area contributed by atoms with E-state index in [4.69, 9.17) is 11.6 Å². The lowest BCUT2D eigenvalue weighted by atomic mass is 10.2. The number of halogens is 1. The summed E-state index contributed by atoms with van der Waals surface area (Å²) in [7, 11) is 4.07. The van der Waals surface area contributed by atoms with Crippen molar-refractivity contribution in [2.24, 2.45) is 4.99 Å². The van der Waals surface area contributed by atoms with Crippen LogP contribution in [0.1, 0.15) is 5.56 Å². The van der Waals surface area contributed by atoms with E-state index < -0.39 is 0 Å². The number of hydrogen-bond donors (Lipinski definition) is 3. The van der Waals surface area contributed by atoms with E-state index in [1.807, 2.05) is 26.2 Å². The Hall–Kier alpha value is -1.89. The third-order valence-corrected chi connectivity index (χ3v) is 4.23. The lowest BCUT2D eigenvalue weighted by Gasteiger charge is -2.19. The Labute approximate surface area is 144 Å². The van der Waals surface area contributed by atoms with Crippen molar-refractivity contribution in [2.75, 3.05) is 19.4 Å². The quantitative estimate of drug-likeness (QED) is 0.736. The van der Waals surface area contributed by atoms with Gasteiger partial charge in [-0.1, -0.05) is 23.7 Å². The number of anilines is 1. The van der Waals surface area contributed by atoms with Gasteiger partial charge < -0.3 is 15.3 Å². The molecule has 1 aliphatic rings. The molecule has 2 aromatic rings. The summed E-state index contributed by atoms with van der Waals surface area (Å²) in [6, 6.07) is 11.4. The van der Waals surface area contributed by atoms with E-state index in [2.05, 4.69) is 32.1 Å². The monoisotopic (exact) mass is 348 g/mol. The lowest BCUT2D eigenvalue weighted by molar-refractivity contribution is 0.402. The maximum Gasteiger partial charge on any atom is 0.211 e. The Balaban J connectivity index is 1.82. The summed E-state index contributed by atoms with van der Waals surface area (Å²) in [5.74, 6) is 0.643. The summed E-state index contributed by atoms with van der Waals surface area (Å²) in [6.07, 6.45) is 0. The molecular formula is C16H17ClN4OS. The molecule has 7 heteroatoms. The molecule has 5 nitrogen and oxygen atoms in total. The maximum absolute atomic E-state index is 10.00. The van der Waals surface area contributed by atoms with Crippen molar-refractivity contribution in [3.8, 4) is 5.75 Å². The molecule has 0 saturated carbocycles. The molecule has 0 atom stereocenters. The van der Waals surface area contributed by atoms with Gasteiger partial charge in [-0.2, -0.15) is 0 Å². The molecule has 0 aliphatic carbocycles. The van der Waals surface area contributed by atoms with Crippen molar-refractivity contribution in [3.05, 3.63) is 47.0 Å². The number of rotatable bonds is 3. The molecule has 0 amide bonds. The van der Waals surface area contributed by atoms with Crippen LogP contribution in [0.25, 0.3) is 0 Å². The highest BCUT2D eigenvalue weighted by Gasteiger charge is 2.17. The van der Waals surface area contributed by atoms with Gasteiger partial charge in [-0.3, -0.25) is 4.72 Å². The molecule has 3 N–H and O–H groups in total. The van der Waals surface area contributed by atoms with Crippen LogP contribution < -0.4 is 10.0 Å². The smallest absolute Gasteiger partial charge is 0.211 e. The molecule has 0 bridgehead atoms. The van der Waals surface area contributed by atoms with Gasteiger partial charge in [0, 0.05) is 23.3 Å². The molecule has 0 aromatic heterocycles. The molecule has 1 aliphatic heterocycles. The number of aromatic hydroxyl groups is 1. The molecule has 0 saturated heterocycles. The van der Waals surface area contributed by atoms with Gasteiger partial charge in [0.2, 0.25) is 5.96 Å².